The Hall–Kier alpha value is -5.11. The molecule has 1 aliphatic rings. The van der Waals surface area contributed by atoms with Crippen LogP contribution in [-0.2, 0) is 11.0 Å². The summed E-state index contributed by atoms with van der Waals surface area (Å²) in [6.45, 7) is 0.558. The smallest absolute Gasteiger partial charge is 0.416 e. The number of nitrogens with two attached hydrogens (primary N) is 1. The summed E-state index contributed by atoms with van der Waals surface area (Å²) in [4.78, 5) is 41.4. The Balaban J connectivity index is 2.00. The minimum Gasteiger partial charge on any atom is -0.480 e. The number of carbonyl (C=O) groups excluding carboxylic acids is 2. The first-order valence-electron chi connectivity index (χ1n) is 11.5. The zero-order chi connectivity index (χ0) is 28.5. The number of Topliss-reactive ketones (excluding diaryl/α,β-unsaturated/α-hetero) is 1. The lowest BCUT2D eigenvalue weighted by molar-refractivity contribution is -0.138. The maximum absolute atomic E-state index is 13.9. The molecule has 0 saturated heterocycles. The lowest BCUT2D eigenvalue weighted by Gasteiger charge is -2.42. The molecule has 3 aromatic rings. The molecular formula is C28H21F3N4O4. The zero-order valence-electron chi connectivity index (χ0n) is 20.4. The van der Waals surface area contributed by atoms with Gasteiger partial charge in [-0.3, -0.25) is 14.5 Å². The second-order valence-electron chi connectivity index (χ2n) is 8.77. The molecule has 3 N–H and O–H groups in total. The third kappa shape index (κ3) is 5.31. The molecule has 1 heterocycles. The van der Waals surface area contributed by atoms with Crippen LogP contribution in [0.1, 0.15) is 40.0 Å². The van der Waals surface area contributed by atoms with Gasteiger partial charge < -0.3 is 15.7 Å². The number of benzene rings is 3. The number of carboxylic acids is 1. The lowest BCUT2D eigenvalue weighted by Crippen LogP contribution is -2.52. The standard InChI is InChI=1S/C28H21F3N4O4/c1-16-24(26(38)19-9-11-21(33)12-10-19)25(18-7-5-17(14-32)6-8-18)34(15-23(36)37)27(39)35(16)22-4-2-3-20(13-22)28(29,30)31/h2-13,25H,15,33H2,1H3,(H,36,37). The first-order chi connectivity index (χ1) is 18.4. The van der Waals surface area contributed by atoms with E-state index in [4.69, 9.17) is 5.73 Å². The molecule has 1 aliphatic heterocycles. The van der Waals surface area contributed by atoms with Gasteiger partial charge in [-0.25, -0.2) is 4.79 Å². The van der Waals surface area contributed by atoms with Crippen molar-refractivity contribution in [2.75, 3.05) is 17.2 Å². The quantitative estimate of drug-likeness (QED) is 0.323. The van der Waals surface area contributed by atoms with E-state index in [9.17, 15) is 37.9 Å². The molecule has 0 saturated carbocycles. The van der Waals surface area contributed by atoms with Crippen molar-refractivity contribution >= 4 is 29.2 Å². The predicted octanol–water partition coefficient (Wildman–Crippen LogP) is 5.38. The SMILES string of the molecule is CC1=C(C(=O)c2ccc(N)cc2)C(c2ccc(C#N)cc2)N(CC(=O)O)C(=O)N1c1cccc(C(F)(F)F)c1. The topological polar surface area (TPSA) is 128 Å². The van der Waals surface area contributed by atoms with Crippen molar-refractivity contribution in [1.82, 2.24) is 4.90 Å². The number of carboxylic acid groups (broad SMARTS) is 1. The predicted molar refractivity (Wildman–Crippen MR) is 135 cm³/mol. The summed E-state index contributed by atoms with van der Waals surface area (Å²) in [7, 11) is 0. The molecule has 11 heteroatoms. The van der Waals surface area contributed by atoms with Gasteiger partial charge >= 0.3 is 18.2 Å². The highest BCUT2D eigenvalue weighted by molar-refractivity contribution is 6.13. The summed E-state index contributed by atoms with van der Waals surface area (Å²) in [6.07, 6.45) is -4.71. The number of alkyl halides is 3. The number of rotatable bonds is 6. The van der Waals surface area contributed by atoms with Crippen LogP contribution in [0.5, 0.6) is 0 Å². The molecule has 39 heavy (non-hydrogen) atoms. The molecule has 1 unspecified atom stereocenters. The highest BCUT2D eigenvalue weighted by Crippen LogP contribution is 2.42. The minimum atomic E-state index is -4.71. The van der Waals surface area contributed by atoms with Gasteiger partial charge in [-0.15, -0.1) is 0 Å². The molecule has 4 rings (SSSR count). The summed E-state index contributed by atoms with van der Waals surface area (Å²) < 4.78 is 40.5. The summed E-state index contributed by atoms with van der Waals surface area (Å²) in [6, 6.07) is 15.6. The lowest BCUT2D eigenvalue weighted by atomic mass is 9.87. The largest absolute Gasteiger partial charge is 0.480 e. The van der Waals surface area contributed by atoms with E-state index in [1.807, 2.05) is 6.07 Å². The summed E-state index contributed by atoms with van der Waals surface area (Å²) >= 11 is 0. The third-order valence-electron chi connectivity index (χ3n) is 6.26. The van der Waals surface area contributed by atoms with Gasteiger partial charge in [0.25, 0.3) is 0 Å². The third-order valence-corrected chi connectivity index (χ3v) is 6.26. The van der Waals surface area contributed by atoms with E-state index >= 15 is 0 Å². The van der Waals surface area contributed by atoms with Gasteiger partial charge in [-0.1, -0.05) is 18.2 Å². The number of carbonyl (C=O) groups is 3. The molecule has 1 atom stereocenters. The molecule has 0 spiro atoms. The number of ketones is 1. The van der Waals surface area contributed by atoms with Crippen LogP contribution in [0.25, 0.3) is 0 Å². The van der Waals surface area contributed by atoms with E-state index in [0.717, 1.165) is 28.0 Å². The number of nitrogens with zero attached hydrogens (tertiary/aromatic N) is 3. The Morgan fingerprint density at radius 3 is 2.26 bits per heavy atom. The molecule has 0 radical (unpaired) electrons. The van der Waals surface area contributed by atoms with Gasteiger partial charge in [0, 0.05) is 22.5 Å². The maximum Gasteiger partial charge on any atom is 0.416 e. The Morgan fingerprint density at radius 1 is 1.05 bits per heavy atom. The van der Waals surface area contributed by atoms with E-state index in [2.05, 4.69) is 0 Å². The average molecular weight is 534 g/mol. The van der Waals surface area contributed by atoms with Crippen LogP contribution in [0, 0.1) is 11.3 Å². The second kappa shape index (κ2) is 10.3. The number of nitrogen functional groups attached to an aromatic ring is 1. The van der Waals surface area contributed by atoms with Gasteiger partial charge in [-0.05, 0) is 67.1 Å². The van der Waals surface area contributed by atoms with Crippen molar-refractivity contribution in [3.8, 4) is 6.07 Å². The number of urea groups is 1. The van der Waals surface area contributed by atoms with Gasteiger partial charge in [0.1, 0.15) is 6.54 Å². The minimum absolute atomic E-state index is 0.0251. The van der Waals surface area contributed by atoms with Crippen molar-refractivity contribution in [3.63, 3.8) is 0 Å². The molecule has 0 aromatic heterocycles. The Labute approximate surface area is 221 Å². The normalized spacial score (nSPS) is 15.8. The van der Waals surface area contributed by atoms with E-state index in [1.165, 1.54) is 61.5 Å². The number of halogens is 3. The molecule has 8 nitrogen and oxygen atoms in total. The van der Waals surface area contributed by atoms with Crippen LogP contribution in [-0.4, -0.2) is 34.3 Å². The first-order valence-corrected chi connectivity index (χ1v) is 11.5. The molecule has 0 aliphatic carbocycles. The second-order valence-corrected chi connectivity index (χ2v) is 8.77. The Kier molecular flexibility index (Phi) is 7.14. The molecule has 3 aromatic carbocycles. The molecule has 2 amide bonds. The van der Waals surface area contributed by atoms with E-state index < -0.39 is 42.1 Å². The van der Waals surface area contributed by atoms with Crippen LogP contribution in [0.15, 0.2) is 84.1 Å². The molecule has 0 fully saturated rings. The fourth-order valence-electron chi connectivity index (χ4n) is 4.45. The number of hydrogen-bond acceptors (Lipinski definition) is 5. The van der Waals surface area contributed by atoms with Gasteiger partial charge in [0.15, 0.2) is 5.78 Å². The van der Waals surface area contributed by atoms with E-state index in [-0.39, 0.29) is 22.5 Å². The van der Waals surface area contributed by atoms with Crippen molar-refractivity contribution in [2.45, 2.75) is 19.1 Å². The number of nitriles is 1. The monoisotopic (exact) mass is 534 g/mol. The van der Waals surface area contributed by atoms with Crippen LogP contribution >= 0.6 is 0 Å². The number of aliphatic carboxylic acids is 1. The fourth-order valence-corrected chi connectivity index (χ4v) is 4.45. The number of amides is 2. The molecular weight excluding hydrogens is 513 g/mol. The van der Waals surface area contributed by atoms with Crippen LogP contribution in [0.3, 0.4) is 0 Å². The Bertz CT molecular complexity index is 1520. The van der Waals surface area contributed by atoms with Gasteiger partial charge in [0.2, 0.25) is 0 Å². The van der Waals surface area contributed by atoms with Gasteiger partial charge in [0.05, 0.1) is 28.9 Å². The van der Waals surface area contributed by atoms with Crippen molar-refractivity contribution in [3.05, 3.63) is 106 Å². The highest BCUT2D eigenvalue weighted by Gasteiger charge is 2.43. The summed E-state index contributed by atoms with van der Waals surface area (Å²) in [5.74, 6) is -1.98. The van der Waals surface area contributed by atoms with Crippen molar-refractivity contribution < 1.29 is 32.7 Å². The molecule has 198 valence electrons. The summed E-state index contributed by atoms with van der Waals surface area (Å²) in [5.41, 5.74) is 5.73. The molecule has 0 bridgehead atoms. The maximum atomic E-state index is 13.9. The zero-order valence-corrected chi connectivity index (χ0v) is 20.4. The van der Waals surface area contributed by atoms with Gasteiger partial charge in [-0.2, -0.15) is 18.4 Å². The van der Waals surface area contributed by atoms with E-state index in [0.29, 0.717) is 16.8 Å². The van der Waals surface area contributed by atoms with Crippen molar-refractivity contribution in [1.29, 1.82) is 5.26 Å². The Morgan fingerprint density at radius 2 is 1.69 bits per heavy atom. The highest BCUT2D eigenvalue weighted by atomic mass is 19.4. The first kappa shape index (κ1) is 26.9. The van der Waals surface area contributed by atoms with Crippen LogP contribution in [0.2, 0.25) is 0 Å². The van der Waals surface area contributed by atoms with E-state index in [1.54, 1.807) is 0 Å². The number of allylic oxidation sites excluding steroid dienone is 1. The fraction of sp³-hybridized carbons (Fsp3) is 0.143. The van der Waals surface area contributed by atoms with Crippen LogP contribution in [0.4, 0.5) is 29.3 Å². The average Bonchev–Trinajstić information content (AvgIpc) is 2.90. The van der Waals surface area contributed by atoms with Crippen LogP contribution < -0.4 is 10.6 Å². The van der Waals surface area contributed by atoms with Crippen molar-refractivity contribution in [2.24, 2.45) is 0 Å². The number of anilines is 2. The number of hydrogen-bond donors (Lipinski definition) is 2. The summed E-state index contributed by atoms with van der Waals surface area (Å²) in [5, 5.41) is 18.9.